The van der Waals surface area contributed by atoms with E-state index in [9.17, 15) is 13.2 Å². The molecule has 0 N–H and O–H groups in total. The number of benzene rings is 3. The van der Waals surface area contributed by atoms with Gasteiger partial charge >= 0.3 is 6.18 Å². The molecule has 0 amide bonds. The summed E-state index contributed by atoms with van der Waals surface area (Å²) in [6.45, 7) is 0. The maximum atomic E-state index is 13.7. The van der Waals surface area contributed by atoms with Crippen LogP contribution in [0.4, 0.5) is 13.2 Å². The highest BCUT2D eigenvalue weighted by molar-refractivity contribution is 9.10. The molecule has 0 aliphatic rings. The van der Waals surface area contributed by atoms with Crippen LogP contribution < -0.4 is 0 Å². The van der Waals surface area contributed by atoms with Crippen molar-refractivity contribution in [1.29, 1.82) is 0 Å². The molecule has 3 aromatic carbocycles. The standard InChI is InChI=1S/C23H15BrF3N/c24-18-12-10-17(11-13-18)21-15-14-20(16-6-2-1-3-7-16)28(21)22-9-5-4-8-19(22)23(25,26)27/h1-15H. The lowest BCUT2D eigenvalue weighted by molar-refractivity contribution is -0.137. The molecular formula is C23H15BrF3N. The molecule has 0 fully saturated rings. The summed E-state index contributed by atoms with van der Waals surface area (Å²) in [7, 11) is 0. The van der Waals surface area contributed by atoms with Crippen LogP contribution in [0, 0.1) is 0 Å². The third-order valence-electron chi connectivity index (χ3n) is 4.54. The van der Waals surface area contributed by atoms with Gasteiger partial charge in [0.1, 0.15) is 0 Å². The molecule has 0 aliphatic heterocycles. The number of alkyl halides is 3. The Balaban J connectivity index is 2.02. The molecule has 0 saturated heterocycles. The SMILES string of the molecule is FC(F)(F)c1ccccc1-n1c(-c2ccccc2)ccc1-c1ccc(Br)cc1. The molecule has 0 aliphatic carbocycles. The van der Waals surface area contributed by atoms with Gasteiger partial charge in [0.15, 0.2) is 0 Å². The molecule has 1 aromatic heterocycles. The largest absolute Gasteiger partial charge is 0.418 e. The van der Waals surface area contributed by atoms with Crippen molar-refractivity contribution in [2.75, 3.05) is 0 Å². The number of rotatable bonds is 3. The first-order valence-electron chi connectivity index (χ1n) is 8.65. The normalized spacial score (nSPS) is 11.6. The molecule has 28 heavy (non-hydrogen) atoms. The maximum Gasteiger partial charge on any atom is 0.418 e. The molecule has 5 heteroatoms. The molecular weight excluding hydrogens is 427 g/mol. The maximum absolute atomic E-state index is 13.7. The van der Waals surface area contributed by atoms with Crippen LogP contribution in [0.15, 0.2) is 95.5 Å². The van der Waals surface area contributed by atoms with Gasteiger partial charge in [0.05, 0.1) is 22.6 Å². The third kappa shape index (κ3) is 3.50. The second kappa shape index (κ2) is 7.32. The summed E-state index contributed by atoms with van der Waals surface area (Å²) < 4.78 is 43.8. The van der Waals surface area contributed by atoms with Crippen LogP contribution in [0.1, 0.15) is 5.56 Å². The Kier molecular flexibility index (Phi) is 4.85. The molecule has 0 bridgehead atoms. The van der Waals surface area contributed by atoms with Crippen LogP contribution in [0.3, 0.4) is 0 Å². The lowest BCUT2D eigenvalue weighted by Crippen LogP contribution is -2.12. The summed E-state index contributed by atoms with van der Waals surface area (Å²) in [6, 6.07) is 26.4. The Morgan fingerprint density at radius 3 is 1.75 bits per heavy atom. The average Bonchev–Trinajstić information content (AvgIpc) is 3.13. The number of aromatic nitrogens is 1. The molecule has 0 saturated carbocycles. The van der Waals surface area contributed by atoms with Crippen LogP contribution in [-0.4, -0.2) is 4.57 Å². The van der Waals surface area contributed by atoms with Crippen LogP contribution in [-0.2, 0) is 6.18 Å². The lowest BCUT2D eigenvalue weighted by atomic mass is 10.1. The van der Waals surface area contributed by atoms with Gasteiger partial charge in [-0.05, 0) is 47.5 Å². The van der Waals surface area contributed by atoms with Crippen molar-refractivity contribution in [1.82, 2.24) is 4.57 Å². The number of para-hydroxylation sites is 1. The Morgan fingerprint density at radius 2 is 1.14 bits per heavy atom. The molecule has 4 rings (SSSR count). The van der Waals surface area contributed by atoms with E-state index in [1.54, 1.807) is 10.6 Å². The van der Waals surface area contributed by atoms with Crippen molar-refractivity contribution in [2.24, 2.45) is 0 Å². The Labute approximate surface area is 169 Å². The van der Waals surface area contributed by atoms with E-state index in [-0.39, 0.29) is 5.69 Å². The Hall–Kier alpha value is -2.79. The van der Waals surface area contributed by atoms with Crippen molar-refractivity contribution in [3.63, 3.8) is 0 Å². The average molecular weight is 442 g/mol. The summed E-state index contributed by atoms with van der Waals surface area (Å²) in [5.41, 5.74) is 2.53. The quantitative estimate of drug-likeness (QED) is 0.308. The van der Waals surface area contributed by atoms with E-state index in [4.69, 9.17) is 0 Å². The summed E-state index contributed by atoms with van der Waals surface area (Å²) in [5.74, 6) is 0. The predicted molar refractivity (Wildman–Crippen MR) is 109 cm³/mol. The van der Waals surface area contributed by atoms with Gasteiger partial charge in [-0.3, -0.25) is 0 Å². The zero-order valence-corrected chi connectivity index (χ0v) is 16.2. The molecule has 140 valence electrons. The minimum absolute atomic E-state index is 0.108. The fourth-order valence-electron chi connectivity index (χ4n) is 3.28. The van der Waals surface area contributed by atoms with Crippen molar-refractivity contribution in [2.45, 2.75) is 6.18 Å². The molecule has 0 atom stereocenters. The summed E-state index contributed by atoms with van der Waals surface area (Å²) in [6.07, 6.45) is -4.45. The van der Waals surface area contributed by atoms with E-state index in [0.717, 1.165) is 21.7 Å². The fraction of sp³-hybridized carbons (Fsp3) is 0.0435. The predicted octanol–water partition coefficient (Wildman–Crippen LogP) is 7.59. The topological polar surface area (TPSA) is 4.93 Å². The Morgan fingerprint density at radius 1 is 0.607 bits per heavy atom. The van der Waals surface area contributed by atoms with Crippen LogP contribution in [0.25, 0.3) is 28.2 Å². The minimum Gasteiger partial charge on any atom is -0.309 e. The zero-order chi connectivity index (χ0) is 19.7. The van der Waals surface area contributed by atoms with Gasteiger partial charge in [-0.25, -0.2) is 0 Å². The van der Waals surface area contributed by atoms with Crippen LogP contribution in [0.2, 0.25) is 0 Å². The number of hydrogen-bond donors (Lipinski definition) is 0. The smallest absolute Gasteiger partial charge is 0.309 e. The molecule has 0 unspecified atom stereocenters. The van der Waals surface area contributed by atoms with Crippen molar-refractivity contribution >= 4 is 15.9 Å². The first-order chi connectivity index (χ1) is 13.4. The van der Waals surface area contributed by atoms with Crippen molar-refractivity contribution < 1.29 is 13.2 Å². The monoisotopic (exact) mass is 441 g/mol. The summed E-state index contributed by atoms with van der Waals surface area (Å²) in [5, 5.41) is 0. The first-order valence-corrected chi connectivity index (χ1v) is 9.44. The fourth-order valence-corrected chi connectivity index (χ4v) is 3.55. The summed E-state index contributed by atoms with van der Waals surface area (Å²) >= 11 is 3.41. The van der Waals surface area contributed by atoms with E-state index >= 15 is 0 Å². The van der Waals surface area contributed by atoms with Gasteiger partial charge in [0.25, 0.3) is 0 Å². The van der Waals surface area contributed by atoms with E-state index in [1.807, 2.05) is 66.7 Å². The molecule has 1 heterocycles. The van der Waals surface area contributed by atoms with Crippen molar-refractivity contribution in [3.8, 4) is 28.2 Å². The second-order valence-electron chi connectivity index (χ2n) is 6.33. The van der Waals surface area contributed by atoms with Gasteiger partial charge in [0.2, 0.25) is 0 Å². The first kappa shape index (κ1) is 18.6. The number of halogens is 4. The highest BCUT2D eigenvalue weighted by atomic mass is 79.9. The lowest BCUT2D eigenvalue weighted by Gasteiger charge is -2.19. The molecule has 0 spiro atoms. The molecule has 0 radical (unpaired) electrons. The zero-order valence-electron chi connectivity index (χ0n) is 14.6. The van der Waals surface area contributed by atoms with Gasteiger partial charge < -0.3 is 4.57 Å². The van der Waals surface area contributed by atoms with E-state index in [0.29, 0.717) is 11.4 Å². The highest BCUT2D eigenvalue weighted by Gasteiger charge is 2.34. The van der Waals surface area contributed by atoms with Crippen LogP contribution in [0.5, 0.6) is 0 Å². The van der Waals surface area contributed by atoms with Gasteiger partial charge in [-0.1, -0.05) is 70.5 Å². The van der Waals surface area contributed by atoms with E-state index in [2.05, 4.69) is 15.9 Å². The van der Waals surface area contributed by atoms with E-state index in [1.165, 1.54) is 12.1 Å². The van der Waals surface area contributed by atoms with Crippen molar-refractivity contribution in [3.05, 3.63) is 101 Å². The molecule has 1 nitrogen and oxygen atoms in total. The number of nitrogens with zero attached hydrogens (tertiary/aromatic N) is 1. The van der Waals surface area contributed by atoms with Crippen LogP contribution >= 0.6 is 15.9 Å². The Bertz CT molecular complexity index is 1100. The second-order valence-corrected chi connectivity index (χ2v) is 7.24. The van der Waals surface area contributed by atoms with Gasteiger partial charge in [-0.2, -0.15) is 13.2 Å². The summed E-state index contributed by atoms with van der Waals surface area (Å²) in [4.78, 5) is 0. The third-order valence-corrected chi connectivity index (χ3v) is 5.07. The van der Waals surface area contributed by atoms with Gasteiger partial charge in [0, 0.05) is 4.47 Å². The number of hydrogen-bond acceptors (Lipinski definition) is 0. The highest BCUT2D eigenvalue weighted by Crippen LogP contribution is 2.39. The minimum atomic E-state index is -4.45. The van der Waals surface area contributed by atoms with E-state index < -0.39 is 11.7 Å². The molecule has 4 aromatic rings. The van der Waals surface area contributed by atoms with Gasteiger partial charge in [-0.15, -0.1) is 0 Å².